The van der Waals surface area contributed by atoms with Gasteiger partial charge < -0.3 is 9.73 Å². The van der Waals surface area contributed by atoms with Crippen LogP contribution < -0.4 is 5.32 Å². The molecule has 0 amide bonds. The van der Waals surface area contributed by atoms with Gasteiger partial charge in [-0.1, -0.05) is 42.0 Å². The van der Waals surface area contributed by atoms with E-state index in [2.05, 4.69) is 10.3 Å². The van der Waals surface area contributed by atoms with Crippen LogP contribution in [0.15, 0.2) is 52.9 Å². The molecule has 0 fully saturated rings. The quantitative estimate of drug-likeness (QED) is 0.730. The van der Waals surface area contributed by atoms with Crippen LogP contribution >= 0.6 is 0 Å². The van der Waals surface area contributed by atoms with E-state index in [1.54, 1.807) is 24.3 Å². The Morgan fingerprint density at radius 3 is 2.52 bits per heavy atom. The Hall–Kier alpha value is -3.39. The van der Waals surface area contributed by atoms with Crippen molar-refractivity contribution < 1.29 is 8.81 Å². The maximum Gasteiger partial charge on any atom is 0.232 e. The van der Waals surface area contributed by atoms with E-state index >= 15 is 0 Å². The topological polar surface area (TPSA) is 61.9 Å². The molecule has 5 heteroatoms. The Kier molecular flexibility index (Phi) is 4.91. The van der Waals surface area contributed by atoms with Gasteiger partial charge in [-0.05, 0) is 36.3 Å². The average molecular weight is 333 g/mol. The molecular weight excluding hydrogens is 317 g/mol. The van der Waals surface area contributed by atoms with Crippen molar-refractivity contribution in [1.82, 2.24) is 4.98 Å². The highest BCUT2D eigenvalue weighted by atomic mass is 19.1. The van der Waals surface area contributed by atoms with Gasteiger partial charge >= 0.3 is 0 Å². The third-order valence-corrected chi connectivity index (χ3v) is 3.61. The third-order valence-electron chi connectivity index (χ3n) is 3.61. The summed E-state index contributed by atoms with van der Waals surface area (Å²) in [6, 6.07) is 16.2. The maximum atomic E-state index is 12.9. The predicted molar refractivity (Wildman–Crippen MR) is 95.1 cm³/mol. The molecule has 0 saturated heterocycles. The molecule has 0 aliphatic carbocycles. The summed E-state index contributed by atoms with van der Waals surface area (Å²) in [7, 11) is 0. The van der Waals surface area contributed by atoms with Crippen LogP contribution in [0.25, 0.3) is 12.2 Å². The molecule has 0 aliphatic heterocycles. The minimum Gasteiger partial charge on any atom is -0.420 e. The molecule has 1 heterocycles. The molecule has 0 saturated carbocycles. The van der Waals surface area contributed by atoms with Gasteiger partial charge in [-0.2, -0.15) is 10.2 Å². The van der Waals surface area contributed by atoms with Gasteiger partial charge in [0.15, 0.2) is 0 Å². The van der Waals surface area contributed by atoms with Crippen LogP contribution in [0.3, 0.4) is 0 Å². The van der Waals surface area contributed by atoms with Crippen molar-refractivity contribution in [3.63, 3.8) is 0 Å². The lowest BCUT2D eigenvalue weighted by atomic mass is 10.1. The summed E-state index contributed by atoms with van der Waals surface area (Å²) < 4.78 is 18.5. The summed E-state index contributed by atoms with van der Waals surface area (Å²) in [5, 5.41) is 12.3. The fraction of sp³-hybridized carbons (Fsp3) is 0.100. The number of aromatic nitrogens is 1. The molecule has 1 N–H and O–H groups in total. The Morgan fingerprint density at radius 2 is 1.84 bits per heavy atom. The summed E-state index contributed by atoms with van der Waals surface area (Å²) in [4.78, 5) is 4.14. The van der Waals surface area contributed by atoms with E-state index in [9.17, 15) is 9.65 Å². The van der Waals surface area contributed by atoms with Crippen molar-refractivity contribution in [2.24, 2.45) is 0 Å². The van der Waals surface area contributed by atoms with Crippen LogP contribution in [0.4, 0.5) is 10.3 Å². The van der Waals surface area contributed by atoms with E-state index in [1.165, 1.54) is 17.7 Å². The highest BCUT2D eigenvalue weighted by Gasteiger charge is 2.11. The minimum absolute atomic E-state index is 0.200. The molecule has 1 aromatic heterocycles. The largest absolute Gasteiger partial charge is 0.420 e. The van der Waals surface area contributed by atoms with E-state index in [0.717, 1.165) is 11.1 Å². The first-order valence-electron chi connectivity index (χ1n) is 7.78. The van der Waals surface area contributed by atoms with E-state index in [-0.39, 0.29) is 11.5 Å². The molecule has 0 aliphatic rings. The third kappa shape index (κ3) is 4.33. The molecule has 0 atom stereocenters. The number of rotatable bonds is 5. The molecule has 4 nitrogen and oxygen atoms in total. The Labute approximate surface area is 145 Å². The highest BCUT2D eigenvalue weighted by molar-refractivity contribution is 5.67. The second-order valence-electron chi connectivity index (χ2n) is 5.57. The number of anilines is 1. The lowest BCUT2D eigenvalue weighted by Gasteiger charge is -2.03. The number of hydrogen-bond acceptors (Lipinski definition) is 4. The van der Waals surface area contributed by atoms with Crippen molar-refractivity contribution in [3.8, 4) is 6.07 Å². The van der Waals surface area contributed by atoms with E-state index in [0.29, 0.717) is 18.3 Å². The second kappa shape index (κ2) is 7.45. The first-order valence-corrected chi connectivity index (χ1v) is 7.78. The molecule has 3 aromatic rings. The lowest BCUT2D eigenvalue weighted by Crippen LogP contribution is -1.99. The summed E-state index contributed by atoms with van der Waals surface area (Å²) >= 11 is 0. The monoisotopic (exact) mass is 333 g/mol. The fourth-order valence-corrected chi connectivity index (χ4v) is 2.23. The van der Waals surface area contributed by atoms with Gasteiger partial charge in [0.05, 0.1) is 0 Å². The Morgan fingerprint density at radius 1 is 1.12 bits per heavy atom. The van der Waals surface area contributed by atoms with Crippen LogP contribution in [-0.4, -0.2) is 4.98 Å². The van der Waals surface area contributed by atoms with E-state index in [4.69, 9.17) is 4.42 Å². The Bertz CT molecular complexity index is 919. The lowest BCUT2D eigenvalue weighted by molar-refractivity contribution is 0.557. The van der Waals surface area contributed by atoms with Gasteiger partial charge in [0.2, 0.25) is 17.5 Å². The van der Waals surface area contributed by atoms with Crippen molar-refractivity contribution >= 4 is 18.0 Å². The maximum absolute atomic E-state index is 12.9. The molecule has 124 valence electrons. The molecule has 0 bridgehead atoms. The molecule has 2 aromatic carbocycles. The van der Waals surface area contributed by atoms with E-state index < -0.39 is 0 Å². The van der Waals surface area contributed by atoms with Crippen molar-refractivity contribution in [2.75, 3.05) is 5.32 Å². The van der Waals surface area contributed by atoms with Crippen LogP contribution in [0.2, 0.25) is 0 Å². The van der Waals surface area contributed by atoms with Gasteiger partial charge in [0.1, 0.15) is 11.9 Å². The molecular formula is C20H16FN3O. The number of nitrogens with zero attached hydrogens (tertiary/aromatic N) is 2. The van der Waals surface area contributed by atoms with Gasteiger partial charge in [0, 0.05) is 12.6 Å². The molecule has 25 heavy (non-hydrogen) atoms. The highest BCUT2D eigenvalue weighted by Crippen LogP contribution is 2.19. The minimum atomic E-state index is -0.289. The summed E-state index contributed by atoms with van der Waals surface area (Å²) in [6.45, 7) is 2.56. The summed E-state index contributed by atoms with van der Waals surface area (Å²) in [5.74, 6) is 0.358. The smallest absolute Gasteiger partial charge is 0.232 e. The number of nitriles is 1. The molecule has 3 rings (SSSR count). The normalized spacial score (nSPS) is 10.8. The van der Waals surface area contributed by atoms with Crippen molar-refractivity contribution in [1.29, 1.82) is 5.26 Å². The number of halogens is 1. The van der Waals surface area contributed by atoms with Gasteiger partial charge in [-0.25, -0.2) is 4.39 Å². The molecule has 0 unspecified atom stereocenters. The number of nitrogens with one attached hydrogen (secondary N) is 1. The number of hydrogen-bond donors (Lipinski definition) is 1. The fourth-order valence-electron chi connectivity index (χ4n) is 2.23. The van der Waals surface area contributed by atoms with Crippen LogP contribution in [-0.2, 0) is 6.54 Å². The Balaban J connectivity index is 1.71. The van der Waals surface area contributed by atoms with Crippen LogP contribution in [0, 0.1) is 24.1 Å². The number of benzene rings is 2. The summed E-state index contributed by atoms with van der Waals surface area (Å²) in [5.41, 5.74) is 3.28. The van der Waals surface area contributed by atoms with Gasteiger partial charge in [0.25, 0.3) is 0 Å². The standard InChI is InChI=1S/C20H16FN3O/c1-14-2-4-16(5-3-14)13-23-20-18(12-22)24-19(25-20)11-8-15-6-9-17(21)10-7-15/h2-11,23H,13H2,1H3. The first kappa shape index (κ1) is 16.5. The zero-order valence-electron chi connectivity index (χ0n) is 13.7. The number of oxazole rings is 1. The molecule has 0 radical (unpaired) electrons. The van der Waals surface area contributed by atoms with Gasteiger partial charge in [-0.15, -0.1) is 0 Å². The predicted octanol–water partition coefficient (Wildman–Crippen LogP) is 4.78. The first-order chi connectivity index (χ1) is 12.1. The van der Waals surface area contributed by atoms with Gasteiger partial charge in [-0.3, -0.25) is 0 Å². The van der Waals surface area contributed by atoms with Crippen molar-refractivity contribution in [3.05, 3.63) is 82.6 Å². The number of aryl methyl sites for hydroxylation is 1. The zero-order valence-corrected chi connectivity index (χ0v) is 13.7. The second-order valence-corrected chi connectivity index (χ2v) is 5.57. The average Bonchev–Trinajstić information content (AvgIpc) is 3.03. The van der Waals surface area contributed by atoms with Crippen LogP contribution in [0.1, 0.15) is 28.3 Å². The van der Waals surface area contributed by atoms with Crippen LogP contribution in [0.5, 0.6) is 0 Å². The van der Waals surface area contributed by atoms with E-state index in [1.807, 2.05) is 37.3 Å². The SMILES string of the molecule is Cc1ccc(CNc2oc(C=Cc3ccc(F)cc3)nc2C#N)cc1. The zero-order chi connectivity index (χ0) is 17.6. The molecule has 0 spiro atoms. The summed E-state index contributed by atoms with van der Waals surface area (Å²) in [6.07, 6.45) is 3.39. The van der Waals surface area contributed by atoms with Crippen molar-refractivity contribution in [2.45, 2.75) is 13.5 Å².